The van der Waals surface area contributed by atoms with Crippen LogP contribution in [0, 0.1) is 5.92 Å². The van der Waals surface area contributed by atoms with Gasteiger partial charge in [0.05, 0.1) is 19.3 Å². The van der Waals surface area contributed by atoms with Crippen LogP contribution in [0.3, 0.4) is 0 Å². The number of hydrogen-bond donors (Lipinski definition) is 2. The highest BCUT2D eigenvalue weighted by Gasteiger charge is 2.22. The van der Waals surface area contributed by atoms with E-state index in [1.54, 1.807) is 7.11 Å². The van der Waals surface area contributed by atoms with Gasteiger partial charge < -0.3 is 20.1 Å². The molecule has 5 nitrogen and oxygen atoms in total. The van der Waals surface area contributed by atoms with Crippen molar-refractivity contribution in [1.82, 2.24) is 10.6 Å². The molecule has 0 aromatic heterocycles. The highest BCUT2D eigenvalue weighted by atomic mass is 35.5. The van der Waals surface area contributed by atoms with Crippen molar-refractivity contribution in [2.24, 2.45) is 5.92 Å². The van der Waals surface area contributed by atoms with Crippen molar-refractivity contribution in [3.05, 3.63) is 0 Å². The molecule has 0 radical (unpaired) electrons. The summed E-state index contributed by atoms with van der Waals surface area (Å²) in [5, 5.41) is 5.99. The number of halogens is 1. The Kier molecular flexibility index (Phi) is 8.51. The fraction of sp³-hybridized carbons (Fsp3) is 0.909. The first-order valence-corrected chi connectivity index (χ1v) is 5.76. The number of amides is 1. The van der Waals surface area contributed by atoms with Crippen molar-refractivity contribution in [3.8, 4) is 0 Å². The van der Waals surface area contributed by atoms with E-state index < -0.39 is 0 Å². The lowest BCUT2D eigenvalue weighted by Crippen LogP contribution is -2.52. The predicted molar refractivity (Wildman–Crippen MR) is 68.5 cm³/mol. The van der Waals surface area contributed by atoms with Gasteiger partial charge in [-0.2, -0.15) is 0 Å². The minimum absolute atomic E-state index is 0. The number of nitrogens with one attached hydrogen (secondary N) is 2. The van der Waals surface area contributed by atoms with Crippen LogP contribution in [0.25, 0.3) is 0 Å². The first-order valence-electron chi connectivity index (χ1n) is 5.76. The zero-order valence-electron chi connectivity index (χ0n) is 10.7. The molecule has 0 aliphatic carbocycles. The van der Waals surface area contributed by atoms with E-state index in [0.717, 1.165) is 6.54 Å². The van der Waals surface area contributed by atoms with Crippen molar-refractivity contribution in [2.75, 3.05) is 33.4 Å². The molecule has 0 aromatic rings. The monoisotopic (exact) mass is 266 g/mol. The first kappa shape index (κ1) is 16.6. The third-order valence-electron chi connectivity index (χ3n) is 2.76. The maximum absolute atomic E-state index is 11.7. The lowest BCUT2D eigenvalue weighted by atomic mass is 10.1. The van der Waals surface area contributed by atoms with Gasteiger partial charge in [0.2, 0.25) is 5.91 Å². The van der Waals surface area contributed by atoms with Gasteiger partial charge in [0.1, 0.15) is 6.04 Å². The number of morpholine rings is 1. The van der Waals surface area contributed by atoms with Gasteiger partial charge in [-0.1, -0.05) is 13.8 Å². The van der Waals surface area contributed by atoms with Crippen LogP contribution in [-0.4, -0.2) is 51.5 Å². The highest BCUT2D eigenvalue weighted by Crippen LogP contribution is 2.04. The van der Waals surface area contributed by atoms with Gasteiger partial charge >= 0.3 is 0 Å². The molecule has 2 atom stereocenters. The van der Waals surface area contributed by atoms with Crippen LogP contribution in [0.2, 0.25) is 0 Å². The second-order valence-electron chi connectivity index (χ2n) is 4.34. The van der Waals surface area contributed by atoms with Crippen molar-refractivity contribution in [1.29, 1.82) is 0 Å². The Hall–Kier alpha value is -0.360. The SMILES string of the molecule is COC(CNC(=O)C1COCCN1)C(C)C.Cl. The summed E-state index contributed by atoms with van der Waals surface area (Å²) in [5.74, 6) is 0.378. The molecule has 1 aliphatic rings. The molecular weight excluding hydrogens is 244 g/mol. The quantitative estimate of drug-likeness (QED) is 0.746. The molecule has 1 heterocycles. The van der Waals surface area contributed by atoms with Crippen LogP contribution in [0.5, 0.6) is 0 Å². The van der Waals surface area contributed by atoms with Gasteiger partial charge in [-0.05, 0) is 5.92 Å². The Balaban J connectivity index is 0.00000256. The van der Waals surface area contributed by atoms with Gasteiger partial charge in [-0.15, -0.1) is 12.4 Å². The molecule has 1 saturated heterocycles. The zero-order valence-corrected chi connectivity index (χ0v) is 11.5. The summed E-state index contributed by atoms with van der Waals surface area (Å²) in [6.07, 6.45) is 0.0634. The van der Waals surface area contributed by atoms with Crippen molar-refractivity contribution in [2.45, 2.75) is 26.0 Å². The normalized spacial score (nSPS) is 21.8. The number of carbonyl (C=O) groups is 1. The van der Waals surface area contributed by atoms with E-state index in [0.29, 0.717) is 25.7 Å². The fourth-order valence-corrected chi connectivity index (χ4v) is 1.65. The Labute approximate surface area is 109 Å². The van der Waals surface area contributed by atoms with Crippen molar-refractivity contribution < 1.29 is 14.3 Å². The highest BCUT2D eigenvalue weighted by molar-refractivity contribution is 5.85. The van der Waals surface area contributed by atoms with Crippen LogP contribution in [0.15, 0.2) is 0 Å². The molecule has 1 rings (SSSR count). The summed E-state index contributed by atoms with van der Waals surface area (Å²) < 4.78 is 10.5. The largest absolute Gasteiger partial charge is 0.379 e. The summed E-state index contributed by atoms with van der Waals surface area (Å²) in [5.41, 5.74) is 0. The van der Waals surface area contributed by atoms with Crippen molar-refractivity contribution >= 4 is 18.3 Å². The molecule has 2 N–H and O–H groups in total. The lowest BCUT2D eigenvalue weighted by molar-refractivity contribution is -0.126. The predicted octanol–water partition coefficient (Wildman–Crippen LogP) is 0.184. The number of methoxy groups -OCH3 is 1. The second kappa shape index (κ2) is 8.69. The molecule has 1 aliphatic heterocycles. The Morgan fingerprint density at radius 1 is 1.59 bits per heavy atom. The Morgan fingerprint density at radius 2 is 2.29 bits per heavy atom. The lowest BCUT2D eigenvalue weighted by Gasteiger charge is -2.25. The standard InChI is InChI=1S/C11H22N2O3.ClH/c1-8(2)10(15-3)6-13-11(14)9-7-16-5-4-12-9;/h8-10,12H,4-7H2,1-3H3,(H,13,14);1H. The van der Waals surface area contributed by atoms with E-state index in [1.165, 1.54) is 0 Å². The van der Waals surface area contributed by atoms with E-state index in [1.807, 2.05) is 0 Å². The molecule has 0 bridgehead atoms. The van der Waals surface area contributed by atoms with E-state index in [2.05, 4.69) is 24.5 Å². The summed E-state index contributed by atoms with van der Waals surface area (Å²) in [7, 11) is 1.67. The minimum atomic E-state index is -0.224. The third-order valence-corrected chi connectivity index (χ3v) is 2.76. The molecule has 0 aromatic carbocycles. The molecule has 1 fully saturated rings. The van der Waals surface area contributed by atoms with Crippen LogP contribution in [0.4, 0.5) is 0 Å². The third kappa shape index (κ3) is 5.68. The molecule has 6 heteroatoms. The summed E-state index contributed by atoms with van der Waals surface area (Å²) in [6.45, 7) is 6.55. The molecule has 2 unspecified atom stereocenters. The van der Waals surface area contributed by atoms with Crippen LogP contribution in [-0.2, 0) is 14.3 Å². The maximum atomic E-state index is 11.7. The average molecular weight is 267 g/mol. The molecule has 0 spiro atoms. The minimum Gasteiger partial charge on any atom is -0.379 e. The molecule has 1 amide bonds. The van der Waals surface area contributed by atoms with Crippen molar-refractivity contribution in [3.63, 3.8) is 0 Å². The number of ether oxygens (including phenoxy) is 2. The topological polar surface area (TPSA) is 59.6 Å². The molecular formula is C11H23ClN2O3. The van der Waals surface area contributed by atoms with Crippen LogP contribution in [0.1, 0.15) is 13.8 Å². The summed E-state index contributed by atoms with van der Waals surface area (Å²) >= 11 is 0. The molecule has 102 valence electrons. The fourth-order valence-electron chi connectivity index (χ4n) is 1.65. The zero-order chi connectivity index (χ0) is 12.0. The smallest absolute Gasteiger partial charge is 0.239 e. The Bertz CT molecular complexity index is 221. The summed E-state index contributed by atoms with van der Waals surface area (Å²) in [6, 6.07) is -0.224. The number of hydrogen-bond acceptors (Lipinski definition) is 4. The van der Waals surface area contributed by atoms with Crippen LogP contribution < -0.4 is 10.6 Å². The van der Waals surface area contributed by atoms with E-state index >= 15 is 0 Å². The van der Waals surface area contributed by atoms with E-state index in [-0.39, 0.29) is 30.5 Å². The Morgan fingerprint density at radius 3 is 2.76 bits per heavy atom. The molecule has 0 saturated carbocycles. The summed E-state index contributed by atoms with van der Waals surface area (Å²) in [4.78, 5) is 11.7. The van der Waals surface area contributed by atoms with Gasteiger partial charge in [-0.3, -0.25) is 4.79 Å². The second-order valence-corrected chi connectivity index (χ2v) is 4.34. The first-order chi connectivity index (χ1) is 7.65. The average Bonchev–Trinajstić information content (AvgIpc) is 2.30. The van der Waals surface area contributed by atoms with Gasteiger partial charge in [0, 0.05) is 20.2 Å². The number of carbonyl (C=O) groups excluding carboxylic acids is 1. The van der Waals surface area contributed by atoms with Gasteiger partial charge in [0.15, 0.2) is 0 Å². The molecule has 17 heavy (non-hydrogen) atoms. The van der Waals surface area contributed by atoms with Crippen LogP contribution >= 0.6 is 12.4 Å². The van der Waals surface area contributed by atoms with Gasteiger partial charge in [-0.25, -0.2) is 0 Å². The van der Waals surface area contributed by atoms with E-state index in [4.69, 9.17) is 9.47 Å². The van der Waals surface area contributed by atoms with E-state index in [9.17, 15) is 4.79 Å². The maximum Gasteiger partial charge on any atom is 0.239 e. The van der Waals surface area contributed by atoms with Gasteiger partial charge in [0.25, 0.3) is 0 Å². The number of rotatable bonds is 5.